The number of hydrogen-bond donors (Lipinski definition) is 2. The van der Waals surface area contributed by atoms with E-state index in [9.17, 15) is 14.7 Å². The van der Waals surface area contributed by atoms with Gasteiger partial charge in [-0.25, -0.2) is 4.98 Å². The molecular weight excluding hydrogens is 486 g/mol. The maximum atomic E-state index is 13.0. The summed E-state index contributed by atoms with van der Waals surface area (Å²) < 4.78 is 5.81. The molecule has 160 valence electrons. The van der Waals surface area contributed by atoms with E-state index in [4.69, 9.17) is 16.0 Å². The number of halogens is 2. The Morgan fingerprint density at radius 3 is 2.71 bits per heavy atom. The lowest BCUT2D eigenvalue weighted by atomic mass is 10.1. The van der Waals surface area contributed by atoms with E-state index in [0.717, 1.165) is 11.1 Å². The summed E-state index contributed by atoms with van der Waals surface area (Å²) in [7, 11) is 0. The quantitative estimate of drug-likeness (QED) is 0.553. The van der Waals surface area contributed by atoms with Gasteiger partial charge in [0.1, 0.15) is 6.04 Å². The molecule has 0 radical (unpaired) electrons. The highest BCUT2D eigenvalue weighted by Crippen LogP contribution is 2.27. The second-order valence-electron chi connectivity index (χ2n) is 7.27. The second-order valence-corrected chi connectivity index (χ2v) is 8.56. The third kappa shape index (κ3) is 4.81. The van der Waals surface area contributed by atoms with E-state index in [2.05, 4.69) is 26.2 Å². The van der Waals surface area contributed by atoms with Gasteiger partial charge in [0.15, 0.2) is 12.2 Å². The molecule has 1 aliphatic heterocycles. The van der Waals surface area contributed by atoms with Crippen LogP contribution in [0.3, 0.4) is 0 Å². The van der Waals surface area contributed by atoms with E-state index in [1.165, 1.54) is 11.3 Å². The van der Waals surface area contributed by atoms with Crippen LogP contribution in [0.5, 0.6) is 0 Å². The number of β-amino-alcohol motifs (C(OH)–C–C–N with tert-alkyl or cyclic N) is 1. The predicted molar refractivity (Wildman–Crippen MR) is 118 cm³/mol. The minimum absolute atomic E-state index is 0.0951. The Morgan fingerprint density at radius 2 is 2.03 bits per heavy atom. The Balaban J connectivity index is 1.42. The van der Waals surface area contributed by atoms with Crippen LogP contribution >= 0.6 is 27.5 Å². The molecule has 1 aliphatic rings. The molecule has 4 rings (SSSR count). The summed E-state index contributed by atoms with van der Waals surface area (Å²) in [5.74, 6) is 0.0176. The third-order valence-electron chi connectivity index (χ3n) is 5.14. The molecule has 2 aromatic carbocycles. The van der Waals surface area contributed by atoms with Crippen molar-refractivity contribution in [3.05, 3.63) is 75.7 Å². The number of aromatic nitrogens is 1. The number of likely N-dealkylation sites (tertiary alicyclic amines) is 1. The van der Waals surface area contributed by atoms with Crippen LogP contribution < -0.4 is 5.32 Å². The summed E-state index contributed by atoms with van der Waals surface area (Å²) in [5, 5.41) is 13.5. The molecule has 0 bridgehead atoms. The number of carbonyl (C=O) groups is 2. The Labute approximate surface area is 192 Å². The van der Waals surface area contributed by atoms with Gasteiger partial charge in [-0.05, 0) is 39.7 Å². The number of nitrogens with zero attached hydrogens (tertiary/aromatic N) is 2. The molecule has 9 heteroatoms. The van der Waals surface area contributed by atoms with Gasteiger partial charge in [-0.2, -0.15) is 0 Å². The van der Waals surface area contributed by atoms with Gasteiger partial charge in [-0.1, -0.05) is 35.9 Å². The molecule has 2 N–H and O–H groups in total. The first-order valence-electron chi connectivity index (χ1n) is 9.62. The van der Waals surface area contributed by atoms with Crippen LogP contribution in [-0.4, -0.2) is 45.5 Å². The molecule has 0 aliphatic carbocycles. The molecule has 2 heterocycles. The van der Waals surface area contributed by atoms with Gasteiger partial charge in [-0.3, -0.25) is 9.59 Å². The van der Waals surface area contributed by atoms with Crippen LogP contribution in [0.4, 0.5) is 0 Å². The molecule has 1 aromatic heterocycles. The van der Waals surface area contributed by atoms with Crippen LogP contribution in [0.1, 0.15) is 22.3 Å². The molecule has 0 unspecified atom stereocenters. The van der Waals surface area contributed by atoms with Crippen molar-refractivity contribution in [1.82, 2.24) is 15.2 Å². The molecule has 2 amide bonds. The number of nitrogens with one attached hydrogen (secondary N) is 1. The fraction of sp³-hybridized carbons (Fsp3) is 0.227. The largest absolute Gasteiger partial charge is 0.444 e. The topological polar surface area (TPSA) is 95.7 Å². The van der Waals surface area contributed by atoms with Gasteiger partial charge in [0.05, 0.1) is 17.9 Å². The van der Waals surface area contributed by atoms with E-state index in [0.29, 0.717) is 27.4 Å². The lowest BCUT2D eigenvalue weighted by molar-refractivity contribution is -0.125. The molecule has 1 fully saturated rings. The summed E-state index contributed by atoms with van der Waals surface area (Å²) in [6, 6.07) is 11.6. The first-order valence-corrected chi connectivity index (χ1v) is 10.8. The Morgan fingerprint density at radius 1 is 1.26 bits per heavy atom. The van der Waals surface area contributed by atoms with Crippen molar-refractivity contribution in [2.24, 2.45) is 0 Å². The van der Waals surface area contributed by atoms with Crippen molar-refractivity contribution in [1.29, 1.82) is 0 Å². The van der Waals surface area contributed by atoms with Gasteiger partial charge >= 0.3 is 0 Å². The normalized spacial score (nSPS) is 18.2. The Hall–Kier alpha value is -2.68. The van der Waals surface area contributed by atoms with E-state index in [1.54, 1.807) is 24.4 Å². The van der Waals surface area contributed by atoms with Crippen molar-refractivity contribution in [3.8, 4) is 11.3 Å². The lowest BCUT2D eigenvalue weighted by Gasteiger charge is -2.24. The summed E-state index contributed by atoms with van der Waals surface area (Å²) in [6.45, 7) is 0.395. The van der Waals surface area contributed by atoms with Crippen LogP contribution in [0.2, 0.25) is 5.02 Å². The first kappa shape index (κ1) is 21.5. The van der Waals surface area contributed by atoms with Gasteiger partial charge in [0.25, 0.3) is 5.91 Å². The maximum Gasteiger partial charge on any atom is 0.255 e. The number of oxazole rings is 1. The first-order chi connectivity index (χ1) is 14.9. The molecule has 7 nitrogen and oxygen atoms in total. The van der Waals surface area contributed by atoms with Gasteiger partial charge in [-0.15, -0.1) is 0 Å². The highest BCUT2D eigenvalue weighted by Gasteiger charge is 2.39. The fourth-order valence-electron chi connectivity index (χ4n) is 3.56. The summed E-state index contributed by atoms with van der Waals surface area (Å²) in [5.41, 5.74) is 2.17. The SMILES string of the molecule is O=C(NCc1ccc(-c2cnco2)cc1)[C@@H]1C[C@@H](O)CN1C(=O)c1ccc(Cl)cc1Br. The van der Waals surface area contributed by atoms with Crippen molar-refractivity contribution in [2.75, 3.05) is 6.54 Å². The minimum atomic E-state index is -0.757. The summed E-state index contributed by atoms with van der Waals surface area (Å²) >= 11 is 9.30. The summed E-state index contributed by atoms with van der Waals surface area (Å²) in [4.78, 5) is 31.1. The van der Waals surface area contributed by atoms with Gasteiger partial charge < -0.3 is 19.7 Å². The monoisotopic (exact) mass is 503 g/mol. The standard InChI is InChI=1S/C22H19BrClN3O4/c23-18-7-15(24)5-6-17(18)22(30)27-11-16(28)8-19(27)21(29)26-9-13-1-3-14(4-2-13)20-10-25-12-31-20/h1-7,10,12,16,19,28H,8-9,11H2,(H,26,29)/t16-,19+/m1/s1. The molecule has 1 saturated heterocycles. The highest BCUT2D eigenvalue weighted by molar-refractivity contribution is 9.10. The zero-order valence-corrected chi connectivity index (χ0v) is 18.6. The van der Waals surface area contributed by atoms with Crippen molar-refractivity contribution < 1.29 is 19.1 Å². The number of carbonyl (C=O) groups excluding carboxylic acids is 2. The number of rotatable bonds is 5. The molecule has 0 spiro atoms. The Bertz CT molecular complexity index is 1090. The van der Waals surface area contributed by atoms with Gasteiger partial charge in [0.2, 0.25) is 5.91 Å². The average molecular weight is 505 g/mol. The van der Waals surface area contributed by atoms with Crippen LogP contribution in [0, 0.1) is 0 Å². The molecular formula is C22H19BrClN3O4. The molecule has 2 atom stereocenters. The van der Waals surface area contributed by atoms with Crippen LogP contribution in [-0.2, 0) is 11.3 Å². The van der Waals surface area contributed by atoms with E-state index in [-0.39, 0.29) is 24.8 Å². The van der Waals surface area contributed by atoms with E-state index in [1.807, 2.05) is 24.3 Å². The number of aliphatic hydroxyl groups excluding tert-OH is 1. The Kier molecular flexibility index (Phi) is 6.41. The molecule has 31 heavy (non-hydrogen) atoms. The fourth-order valence-corrected chi connectivity index (χ4v) is 4.41. The zero-order chi connectivity index (χ0) is 22.0. The van der Waals surface area contributed by atoms with Crippen molar-refractivity contribution in [3.63, 3.8) is 0 Å². The predicted octanol–water partition coefficient (Wildman–Crippen LogP) is 3.65. The number of hydrogen-bond acceptors (Lipinski definition) is 5. The minimum Gasteiger partial charge on any atom is -0.444 e. The number of benzene rings is 2. The number of amides is 2. The number of aliphatic hydroxyl groups is 1. The maximum absolute atomic E-state index is 13.0. The lowest BCUT2D eigenvalue weighted by Crippen LogP contribution is -2.45. The van der Waals surface area contributed by atoms with E-state index >= 15 is 0 Å². The third-order valence-corrected chi connectivity index (χ3v) is 6.03. The van der Waals surface area contributed by atoms with Gasteiger partial charge in [0, 0.05) is 34.6 Å². The second kappa shape index (κ2) is 9.21. The highest BCUT2D eigenvalue weighted by atomic mass is 79.9. The smallest absolute Gasteiger partial charge is 0.255 e. The van der Waals surface area contributed by atoms with Crippen LogP contribution in [0.15, 0.2) is 63.9 Å². The molecule has 3 aromatic rings. The van der Waals surface area contributed by atoms with Crippen molar-refractivity contribution >= 4 is 39.3 Å². The van der Waals surface area contributed by atoms with Crippen molar-refractivity contribution in [2.45, 2.75) is 25.1 Å². The van der Waals surface area contributed by atoms with E-state index < -0.39 is 12.1 Å². The summed E-state index contributed by atoms with van der Waals surface area (Å²) in [6.07, 6.45) is 2.43. The van der Waals surface area contributed by atoms with Crippen LogP contribution in [0.25, 0.3) is 11.3 Å². The molecule has 0 saturated carbocycles. The average Bonchev–Trinajstić information content (AvgIpc) is 3.42. The zero-order valence-electron chi connectivity index (χ0n) is 16.3.